The number of ketones is 1. The van der Waals surface area contributed by atoms with Gasteiger partial charge in [0.15, 0.2) is 0 Å². The van der Waals surface area contributed by atoms with Gasteiger partial charge in [0.25, 0.3) is 5.91 Å². The number of pyridine rings is 1. The Kier molecular flexibility index (Phi) is 5.06. The number of hydrogen-bond acceptors (Lipinski definition) is 4. The van der Waals surface area contributed by atoms with Crippen LogP contribution in [0, 0.1) is 5.41 Å². The summed E-state index contributed by atoms with van der Waals surface area (Å²) in [6, 6.07) is 3.77. The van der Waals surface area contributed by atoms with Crippen LogP contribution in [0.2, 0.25) is 0 Å². The molecule has 1 amide bonds. The minimum Gasteiger partial charge on any atom is -0.479 e. The Labute approximate surface area is 141 Å². The maximum Gasteiger partial charge on any atom is 0.329 e. The largest absolute Gasteiger partial charge is 0.479 e. The summed E-state index contributed by atoms with van der Waals surface area (Å²) in [5.41, 5.74) is -1.03. The lowest BCUT2D eigenvalue weighted by Gasteiger charge is -2.49. The summed E-state index contributed by atoms with van der Waals surface area (Å²) in [7, 11) is 0. The number of hydrogen-bond donors (Lipinski definition) is 1. The van der Waals surface area contributed by atoms with E-state index in [2.05, 4.69) is 4.98 Å². The van der Waals surface area contributed by atoms with Crippen LogP contribution in [0.5, 0.6) is 0 Å². The van der Waals surface area contributed by atoms with Crippen LogP contribution in [0.3, 0.4) is 0 Å². The van der Waals surface area contributed by atoms with Gasteiger partial charge in [0.1, 0.15) is 5.54 Å². The standard InChI is InChI=1S/C18H24N2O4/c1-17(2,3)14(21)15(22)20-11-9-18(20,16(23)24)8-4-6-13-7-5-10-19-12-13/h5,7,10,12H,4,6,8-9,11H2,1-3H3,(H,23,24)/t18-/m0/s1. The summed E-state index contributed by atoms with van der Waals surface area (Å²) in [5, 5.41) is 9.67. The molecule has 1 N–H and O–H groups in total. The van der Waals surface area contributed by atoms with Crippen molar-refractivity contribution in [1.29, 1.82) is 0 Å². The molecule has 0 spiro atoms. The van der Waals surface area contributed by atoms with E-state index in [0.717, 1.165) is 5.56 Å². The van der Waals surface area contributed by atoms with Crippen molar-refractivity contribution >= 4 is 17.7 Å². The van der Waals surface area contributed by atoms with Crippen LogP contribution in [0.4, 0.5) is 0 Å². The lowest BCUT2D eigenvalue weighted by atomic mass is 9.78. The molecule has 1 atom stereocenters. The fourth-order valence-corrected chi connectivity index (χ4v) is 2.95. The second-order valence-electron chi connectivity index (χ2n) is 7.34. The van der Waals surface area contributed by atoms with Crippen LogP contribution in [0.25, 0.3) is 0 Å². The van der Waals surface area contributed by atoms with Crippen LogP contribution < -0.4 is 0 Å². The first-order chi connectivity index (χ1) is 11.2. The average Bonchev–Trinajstić information content (AvgIpc) is 2.49. The molecule has 1 saturated heterocycles. The van der Waals surface area contributed by atoms with Gasteiger partial charge < -0.3 is 10.0 Å². The molecule has 0 radical (unpaired) electrons. The maximum atomic E-state index is 12.4. The molecule has 0 bridgehead atoms. The number of carboxylic acid groups (broad SMARTS) is 1. The number of nitrogens with zero attached hydrogens (tertiary/aromatic N) is 2. The molecule has 0 aliphatic carbocycles. The molecule has 6 nitrogen and oxygen atoms in total. The van der Waals surface area contributed by atoms with Crippen molar-refractivity contribution in [3.63, 3.8) is 0 Å². The zero-order valence-electron chi connectivity index (χ0n) is 14.4. The molecule has 0 aromatic carbocycles. The van der Waals surface area contributed by atoms with E-state index in [1.165, 1.54) is 4.90 Å². The first kappa shape index (κ1) is 18.1. The quantitative estimate of drug-likeness (QED) is 0.806. The summed E-state index contributed by atoms with van der Waals surface area (Å²) >= 11 is 0. The third-order valence-electron chi connectivity index (χ3n) is 4.56. The fourth-order valence-electron chi connectivity index (χ4n) is 2.95. The SMILES string of the molecule is CC(C)(C)C(=O)C(=O)N1CC[C@@]1(CCCc1cccnc1)C(=O)O. The third kappa shape index (κ3) is 3.47. The Morgan fingerprint density at radius 2 is 2.04 bits per heavy atom. The summed E-state index contributed by atoms with van der Waals surface area (Å²) in [5.74, 6) is -2.26. The smallest absolute Gasteiger partial charge is 0.329 e. The Hall–Kier alpha value is -2.24. The summed E-state index contributed by atoms with van der Waals surface area (Å²) < 4.78 is 0. The Balaban J connectivity index is 2.06. The van der Waals surface area contributed by atoms with Crippen LogP contribution >= 0.6 is 0 Å². The predicted molar refractivity (Wildman–Crippen MR) is 88.3 cm³/mol. The highest BCUT2D eigenvalue weighted by Crippen LogP contribution is 2.37. The molecule has 130 valence electrons. The first-order valence-corrected chi connectivity index (χ1v) is 8.17. The Morgan fingerprint density at radius 1 is 1.33 bits per heavy atom. The molecule has 1 aromatic rings. The molecule has 0 saturated carbocycles. The van der Waals surface area contributed by atoms with Crippen molar-refractivity contribution in [2.45, 2.75) is 52.0 Å². The number of carbonyl (C=O) groups is 3. The number of likely N-dealkylation sites (tertiary alicyclic amines) is 1. The highest BCUT2D eigenvalue weighted by atomic mass is 16.4. The molecule has 1 aliphatic rings. The number of aryl methyl sites for hydroxylation is 1. The normalized spacial score (nSPS) is 20.4. The van der Waals surface area contributed by atoms with Crippen molar-refractivity contribution in [2.75, 3.05) is 6.54 Å². The van der Waals surface area contributed by atoms with Gasteiger partial charge in [0.05, 0.1) is 0 Å². The number of aromatic nitrogens is 1. The predicted octanol–water partition coefficient (Wildman–Crippen LogP) is 2.08. The first-order valence-electron chi connectivity index (χ1n) is 8.17. The number of Topliss-reactive ketones (excluding diaryl/α,β-unsaturated/α-hetero) is 1. The molecular weight excluding hydrogens is 308 g/mol. The van der Waals surface area contributed by atoms with E-state index in [0.29, 0.717) is 32.2 Å². The van der Waals surface area contributed by atoms with Crippen molar-refractivity contribution in [1.82, 2.24) is 9.88 Å². The number of carboxylic acids is 1. The van der Waals surface area contributed by atoms with Gasteiger partial charge in [0, 0.05) is 24.4 Å². The number of rotatable bonds is 6. The van der Waals surface area contributed by atoms with E-state index in [-0.39, 0.29) is 0 Å². The van der Waals surface area contributed by atoms with Gasteiger partial charge in [-0.2, -0.15) is 0 Å². The number of carbonyl (C=O) groups excluding carboxylic acids is 2. The van der Waals surface area contributed by atoms with Gasteiger partial charge in [-0.1, -0.05) is 26.8 Å². The van der Waals surface area contributed by atoms with Gasteiger partial charge in [-0.15, -0.1) is 0 Å². The van der Waals surface area contributed by atoms with Gasteiger partial charge >= 0.3 is 5.97 Å². The summed E-state index contributed by atoms with van der Waals surface area (Å²) in [4.78, 5) is 41.7. The molecule has 0 unspecified atom stereocenters. The molecule has 6 heteroatoms. The van der Waals surface area contributed by atoms with Gasteiger partial charge in [-0.3, -0.25) is 14.6 Å². The molecule has 2 rings (SSSR count). The van der Waals surface area contributed by atoms with Gasteiger partial charge in [-0.25, -0.2) is 4.79 Å². The minimum atomic E-state index is -1.25. The Morgan fingerprint density at radius 3 is 2.50 bits per heavy atom. The van der Waals surface area contributed by atoms with Crippen molar-refractivity contribution in [3.05, 3.63) is 30.1 Å². The molecule has 1 aliphatic heterocycles. The van der Waals surface area contributed by atoms with Crippen LogP contribution in [0.15, 0.2) is 24.5 Å². The van der Waals surface area contributed by atoms with E-state index in [9.17, 15) is 19.5 Å². The topological polar surface area (TPSA) is 87.6 Å². The molecule has 2 heterocycles. The number of amides is 1. The fraction of sp³-hybridized carbons (Fsp3) is 0.556. The summed E-state index contributed by atoms with van der Waals surface area (Å²) in [6.45, 7) is 5.31. The second-order valence-corrected chi connectivity index (χ2v) is 7.34. The monoisotopic (exact) mass is 332 g/mol. The molecule has 1 fully saturated rings. The molecule has 24 heavy (non-hydrogen) atoms. The zero-order chi connectivity index (χ0) is 18.0. The maximum absolute atomic E-state index is 12.4. The van der Waals surface area contributed by atoms with Gasteiger partial charge in [-0.05, 0) is 37.3 Å². The van der Waals surface area contributed by atoms with Crippen LogP contribution in [-0.2, 0) is 20.8 Å². The van der Waals surface area contributed by atoms with Gasteiger partial charge in [0.2, 0.25) is 5.78 Å². The minimum absolute atomic E-state index is 0.319. The summed E-state index contributed by atoms with van der Waals surface area (Å²) in [6.07, 6.45) is 5.47. The lowest BCUT2D eigenvalue weighted by molar-refractivity contribution is -0.174. The van der Waals surface area contributed by atoms with Crippen molar-refractivity contribution < 1.29 is 19.5 Å². The Bertz CT molecular complexity index is 636. The highest BCUT2D eigenvalue weighted by molar-refractivity contribution is 6.38. The van der Waals surface area contributed by atoms with Crippen molar-refractivity contribution in [2.24, 2.45) is 5.41 Å². The van der Waals surface area contributed by atoms with Crippen LogP contribution in [0.1, 0.15) is 45.6 Å². The van der Waals surface area contributed by atoms with Crippen LogP contribution in [-0.4, -0.2) is 44.7 Å². The highest BCUT2D eigenvalue weighted by Gasteiger charge is 2.55. The van der Waals surface area contributed by atoms with Crippen molar-refractivity contribution in [3.8, 4) is 0 Å². The van der Waals surface area contributed by atoms with E-state index in [1.807, 2.05) is 12.1 Å². The van der Waals surface area contributed by atoms with E-state index >= 15 is 0 Å². The average molecular weight is 332 g/mol. The van der Waals surface area contributed by atoms with E-state index < -0.39 is 28.6 Å². The van der Waals surface area contributed by atoms with E-state index in [4.69, 9.17) is 0 Å². The lowest BCUT2D eigenvalue weighted by Crippen LogP contribution is -2.68. The third-order valence-corrected chi connectivity index (χ3v) is 4.56. The molecular formula is C18H24N2O4. The van der Waals surface area contributed by atoms with E-state index in [1.54, 1.807) is 33.2 Å². The molecule has 1 aromatic heterocycles. The number of aliphatic carboxylic acids is 1. The zero-order valence-corrected chi connectivity index (χ0v) is 14.4. The second kappa shape index (κ2) is 6.71.